The minimum atomic E-state index is -0.483. The highest BCUT2D eigenvalue weighted by atomic mass is 79.9. The topological polar surface area (TPSA) is 52.7 Å². The molecule has 5 rings (SSSR count). The first-order valence-electron chi connectivity index (χ1n) is 11.3. The predicted octanol–water partition coefficient (Wildman–Crippen LogP) is 4.76. The Labute approximate surface area is 202 Å². The maximum Gasteiger partial charge on any atom is 0.228 e. The van der Waals surface area contributed by atoms with Gasteiger partial charge in [0.05, 0.1) is 12.5 Å². The van der Waals surface area contributed by atoms with Crippen molar-refractivity contribution >= 4 is 39.0 Å². The first kappa shape index (κ1) is 21.9. The molecule has 1 fully saturated rings. The van der Waals surface area contributed by atoms with E-state index < -0.39 is 5.92 Å². The molecule has 0 spiro atoms. The highest BCUT2D eigenvalue weighted by Gasteiger charge is 2.36. The third-order valence-corrected chi connectivity index (χ3v) is 7.00. The predicted molar refractivity (Wildman–Crippen MR) is 135 cm³/mol. The molecular formula is C27H26BrN3O2. The molecule has 2 heterocycles. The van der Waals surface area contributed by atoms with Gasteiger partial charge < -0.3 is 15.1 Å². The number of carbonyl (C=O) groups excluding carboxylic acids is 2. The third-order valence-electron chi connectivity index (χ3n) is 6.47. The summed E-state index contributed by atoms with van der Waals surface area (Å²) in [4.78, 5) is 31.0. The van der Waals surface area contributed by atoms with Crippen LogP contribution in [-0.4, -0.2) is 37.9 Å². The molecule has 5 nitrogen and oxygen atoms in total. The molecule has 168 valence electrons. The Kier molecular flexibility index (Phi) is 6.29. The monoisotopic (exact) mass is 503 g/mol. The first-order chi connectivity index (χ1) is 16.1. The number of nitrogens with zero attached hydrogens (tertiary/aromatic N) is 2. The van der Waals surface area contributed by atoms with E-state index in [0.717, 1.165) is 53.2 Å². The number of amides is 1. The Balaban J connectivity index is 1.55. The van der Waals surface area contributed by atoms with Crippen molar-refractivity contribution in [3.8, 4) is 0 Å². The number of fused-ring (bicyclic) bond motifs is 1. The lowest BCUT2D eigenvalue weighted by Gasteiger charge is -2.36. The Morgan fingerprint density at radius 1 is 0.970 bits per heavy atom. The van der Waals surface area contributed by atoms with Crippen LogP contribution < -0.4 is 15.1 Å². The van der Waals surface area contributed by atoms with E-state index in [9.17, 15) is 9.59 Å². The van der Waals surface area contributed by atoms with Crippen molar-refractivity contribution in [1.82, 2.24) is 5.32 Å². The van der Waals surface area contributed by atoms with Crippen LogP contribution in [0.1, 0.15) is 33.8 Å². The van der Waals surface area contributed by atoms with E-state index in [2.05, 4.69) is 38.3 Å². The first-order valence-corrected chi connectivity index (χ1v) is 12.1. The minimum absolute atomic E-state index is 0.00563. The summed E-state index contributed by atoms with van der Waals surface area (Å²) in [5.41, 5.74) is 4.59. The molecule has 2 aliphatic heterocycles. The third kappa shape index (κ3) is 4.59. The van der Waals surface area contributed by atoms with Gasteiger partial charge in [-0.25, -0.2) is 0 Å². The van der Waals surface area contributed by atoms with Crippen molar-refractivity contribution in [3.63, 3.8) is 0 Å². The smallest absolute Gasteiger partial charge is 0.228 e. The van der Waals surface area contributed by atoms with Gasteiger partial charge in [0.2, 0.25) is 5.91 Å². The van der Waals surface area contributed by atoms with Crippen molar-refractivity contribution in [2.75, 3.05) is 36.0 Å². The molecule has 0 aliphatic carbocycles. The molecule has 2 aliphatic rings. The van der Waals surface area contributed by atoms with Crippen LogP contribution in [0.15, 0.2) is 77.3 Å². The molecule has 33 heavy (non-hydrogen) atoms. The lowest BCUT2D eigenvalue weighted by molar-refractivity contribution is -0.119. The Morgan fingerprint density at radius 2 is 1.70 bits per heavy atom. The van der Waals surface area contributed by atoms with Crippen molar-refractivity contribution in [2.45, 2.75) is 18.9 Å². The molecule has 1 saturated heterocycles. The van der Waals surface area contributed by atoms with E-state index in [1.54, 1.807) is 0 Å². The SMILES string of the molecule is O=C(c1ccc(Br)cc1)C1CC(=O)N(Cc2ccccc2)c2ccc(N3CCNCC3)cc21. The Hall–Kier alpha value is -2.96. The van der Waals surface area contributed by atoms with Crippen molar-refractivity contribution in [3.05, 3.63) is 94.0 Å². The van der Waals surface area contributed by atoms with Gasteiger partial charge in [-0.1, -0.05) is 58.4 Å². The minimum Gasteiger partial charge on any atom is -0.369 e. The number of rotatable bonds is 5. The molecule has 1 amide bonds. The quantitative estimate of drug-likeness (QED) is 0.509. The molecule has 0 saturated carbocycles. The number of anilines is 2. The molecule has 1 unspecified atom stereocenters. The summed E-state index contributed by atoms with van der Waals surface area (Å²) in [6.45, 7) is 4.24. The number of benzene rings is 3. The summed E-state index contributed by atoms with van der Waals surface area (Å²) in [6, 6.07) is 23.6. The highest BCUT2D eigenvalue weighted by Crippen LogP contribution is 2.41. The van der Waals surface area contributed by atoms with Crippen LogP contribution in [0.5, 0.6) is 0 Å². The van der Waals surface area contributed by atoms with Gasteiger partial charge in [-0.05, 0) is 41.5 Å². The number of ketones is 1. The van der Waals surface area contributed by atoms with Gasteiger partial charge in [-0.2, -0.15) is 0 Å². The second-order valence-corrected chi connectivity index (χ2v) is 9.49. The van der Waals surface area contributed by atoms with Gasteiger partial charge in [-0.15, -0.1) is 0 Å². The Bertz CT molecular complexity index is 1160. The summed E-state index contributed by atoms with van der Waals surface area (Å²) >= 11 is 3.44. The van der Waals surface area contributed by atoms with E-state index in [0.29, 0.717) is 12.1 Å². The number of carbonyl (C=O) groups is 2. The van der Waals surface area contributed by atoms with E-state index in [-0.39, 0.29) is 18.1 Å². The Morgan fingerprint density at radius 3 is 2.42 bits per heavy atom. The van der Waals surface area contributed by atoms with Crippen molar-refractivity contribution < 1.29 is 9.59 Å². The fourth-order valence-corrected chi connectivity index (χ4v) is 4.97. The molecule has 3 aromatic rings. The second kappa shape index (κ2) is 9.49. The van der Waals surface area contributed by atoms with Crippen molar-refractivity contribution in [2.24, 2.45) is 0 Å². The van der Waals surface area contributed by atoms with Gasteiger partial charge in [0, 0.05) is 54.0 Å². The van der Waals surface area contributed by atoms with Crippen LogP contribution in [-0.2, 0) is 11.3 Å². The fraction of sp³-hybridized carbons (Fsp3) is 0.259. The number of hydrogen-bond acceptors (Lipinski definition) is 4. The largest absolute Gasteiger partial charge is 0.369 e. The number of hydrogen-bond donors (Lipinski definition) is 1. The summed E-state index contributed by atoms with van der Waals surface area (Å²) in [5, 5.41) is 3.39. The van der Waals surface area contributed by atoms with Crippen LogP contribution in [0.25, 0.3) is 0 Å². The normalized spacial score (nSPS) is 18.2. The van der Waals surface area contributed by atoms with Gasteiger partial charge in [0.25, 0.3) is 0 Å². The van der Waals surface area contributed by atoms with Crippen molar-refractivity contribution in [1.29, 1.82) is 0 Å². The van der Waals surface area contributed by atoms with Crippen LogP contribution in [0.2, 0.25) is 0 Å². The molecule has 6 heteroatoms. The maximum absolute atomic E-state index is 13.6. The summed E-state index contributed by atoms with van der Waals surface area (Å²) in [6.07, 6.45) is 0.180. The lowest BCUT2D eigenvalue weighted by atomic mass is 9.83. The average Bonchev–Trinajstić information content (AvgIpc) is 2.86. The van der Waals surface area contributed by atoms with E-state index in [4.69, 9.17) is 0 Å². The van der Waals surface area contributed by atoms with Crippen LogP contribution in [0.3, 0.4) is 0 Å². The van der Waals surface area contributed by atoms with Gasteiger partial charge >= 0.3 is 0 Å². The zero-order valence-electron chi connectivity index (χ0n) is 18.3. The lowest BCUT2D eigenvalue weighted by Crippen LogP contribution is -2.44. The number of halogens is 1. The van der Waals surface area contributed by atoms with E-state index in [1.807, 2.05) is 65.6 Å². The molecule has 0 aromatic heterocycles. The van der Waals surface area contributed by atoms with Gasteiger partial charge in [-0.3, -0.25) is 9.59 Å². The zero-order valence-corrected chi connectivity index (χ0v) is 19.9. The molecule has 0 radical (unpaired) electrons. The molecule has 3 aromatic carbocycles. The summed E-state index contributed by atoms with van der Waals surface area (Å²) in [7, 11) is 0. The zero-order chi connectivity index (χ0) is 22.8. The highest BCUT2D eigenvalue weighted by molar-refractivity contribution is 9.10. The van der Waals surface area contributed by atoms with Gasteiger partial charge in [0.1, 0.15) is 0 Å². The molecule has 1 atom stereocenters. The second-order valence-electron chi connectivity index (χ2n) is 8.57. The standard InChI is InChI=1S/C27H26BrN3O2/c28-21-8-6-20(7-9-21)27(33)24-17-26(32)31(18-19-4-2-1-3-5-19)25-11-10-22(16-23(24)25)30-14-12-29-13-15-30/h1-11,16,24,29H,12-15,17-18H2. The van der Waals surface area contributed by atoms with Crippen LogP contribution in [0.4, 0.5) is 11.4 Å². The number of piperazine rings is 1. The number of nitrogens with one attached hydrogen (secondary N) is 1. The maximum atomic E-state index is 13.6. The molecule has 0 bridgehead atoms. The van der Waals surface area contributed by atoms with Crippen LogP contribution >= 0.6 is 15.9 Å². The van der Waals surface area contributed by atoms with E-state index in [1.165, 1.54) is 0 Å². The fourth-order valence-electron chi connectivity index (χ4n) is 4.70. The summed E-state index contributed by atoms with van der Waals surface area (Å²) in [5.74, 6) is -0.505. The average molecular weight is 504 g/mol. The molecule has 1 N–H and O–H groups in total. The molecular weight excluding hydrogens is 478 g/mol. The van der Waals surface area contributed by atoms with Gasteiger partial charge in [0.15, 0.2) is 5.78 Å². The van der Waals surface area contributed by atoms with Crippen LogP contribution in [0, 0.1) is 0 Å². The van der Waals surface area contributed by atoms with E-state index >= 15 is 0 Å². The number of Topliss-reactive ketones (excluding diaryl/α,β-unsaturated/α-hetero) is 1. The summed E-state index contributed by atoms with van der Waals surface area (Å²) < 4.78 is 0.925.